The summed E-state index contributed by atoms with van der Waals surface area (Å²) >= 11 is 0. The summed E-state index contributed by atoms with van der Waals surface area (Å²) in [6, 6.07) is 5.89. The van der Waals surface area contributed by atoms with E-state index in [0.717, 1.165) is 0 Å². The predicted molar refractivity (Wildman–Crippen MR) is 55.6 cm³/mol. The van der Waals surface area contributed by atoms with E-state index >= 15 is 0 Å². The Hall–Kier alpha value is -0.923. The van der Waals surface area contributed by atoms with Crippen LogP contribution in [0.2, 0.25) is 0 Å². The molecular weight excluding hydrogens is 216 g/mol. The van der Waals surface area contributed by atoms with E-state index in [9.17, 15) is 0 Å². The number of rotatable bonds is 4. The summed E-state index contributed by atoms with van der Waals surface area (Å²) < 4.78 is 10.2. The van der Waals surface area contributed by atoms with E-state index in [1.54, 1.807) is 6.92 Å². The lowest BCUT2D eigenvalue weighted by Gasteiger charge is -2.14. The minimum atomic E-state index is -4.19. The molecule has 0 bridgehead atoms. The van der Waals surface area contributed by atoms with Crippen molar-refractivity contribution in [3.8, 4) is 5.75 Å². The normalized spacial score (nSPS) is 13.7. The summed E-state index contributed by atoms with van der Waals surface area (Å²) in [6.45, 7) is 1.73. The van der Waals surface area contributed by atoms with Gasteiger partial charge in [0.2, 0.25) is 0 Å². The van der Waals surface area contributed by atoms with E-state index < -0.39 is 8.80 Å². The second-order valence-corrected chi connectivity index (χ2v) is 4.93. The molecule has 0 spiro atoms. The molecule has 0 radical (unpaired) electrons. The lowest BCUT2D eigenvalue weighted by Crippen LogP contribution is -2.48. The molecular formula is C9H14O5Si. The van der Waals surface area contributed by atoms with Crippen molar-refractivity contribution in [1.29, 1.82) is 0 Å². The number of methoxy groups -OCH3 is 1. The van der Waals surface area contributed by atoms with Gasteiger partial charge in [0.25, 0.3) is 0 Å². The maximum absolute atomic E-state index is 8.99. The van der Waals surface area contributed by atoms with Gasteiger partial charge in [-0.25, -0.2) is 0 Å². The van der Waals surface area contributed by atoms with Gasteiger partial charge in [0.15, 0.2) is 6.29 Å². The van der Waals surface area contributed by atoms with Crippen LogP contribution in [0.5, 0.6) is 5.75 Å². The lowest BCUT2D eigenvalue weighted by atomic mass is 10.3. The third kappa shape index (κ3) is 3.61. The molecule has 1 unspecified atom stereocenters. The smallest absolute Gasteiger partial charge is 0.465 e. The van der Waals surface area contributed by atoms with Crippen LogP contribution in [0.25, 0.3) is 0 Å². The van der Waals surface area contributed by atoms with Crippen molar-refractivity contribution in [2.45, 2.75) is 13.2 Å². The van der Waals surface area contributed by atoms with E-state index in [4.69, 9.17) is 23.9 Å². The third-order valence-electron chi connectivity index (χ3n) is 1.88. The number of hydrogen-bond acceptors (Lipinski definition) is 5. The zero-order chi connectivity index (χ0) is 11.5. The van der Waals surface area contributed by atoms with Crippen LogP contribution in [0, 0.1) is 0 Å². The topological polar surface area (TPSA) is 79.2 Å². The van der Waals surface area contributed by atoms with E-state index in [-0.39, 0.29) is 11.5 Å². The molecule has 0 amide bonds. The van der Waals surface area contributed by atoms with Gasteiger partial charge < -0.3 is 23.9 Å². The standard InChI is InChI=1S/C9H14O5Si/c1-7(13-2)14-8-3-5-9(6-4-8)15(10,11)12/h3-7,10-12H,1-2H3. The van der Waals surface area contributed by atoms with Crippen LogP contribution in [0.4, 0.5) is 0 Å². The highest BCUT2D eigenvalue weighted by atomic mass is 28.4. The summed E-state index contributed by atoms with van der Waals surface area (Å²) in [5.74, 6) is 0.534. The first-order valence-corrected chi connectivity index (χ1v) is 6.24. The fraction of sp³-hybridized carbons (Fsp3) is 0.333. The summed E-state index contributed by atoms with van der Waals surface area (Å²) in [7, 11) is -2.67. The van der Waals surface area contributed by atoms with Crippen LogP contribution >= 0.6 is 0 Å². The zero-order valence-corrected chi connectivity index (χ0v) is 9.54. The summed E-state index contributed by atoms with van der Waals surface area (Å²) in [5, 5.41) is 0.111. The van der Waals surface area contributed by atoms with E-state index in [0.29, 0.717) is 5.75 Å². The maximum Gasteiger partial charge on any atom is 0.528 e. The molecule has 0 aromatic heterocycles. The summed E-state index contributed by atoms with van der Waals surface area (Å²) in [6.07, 6.45) is -0.379. The number of ether oxygens (including phenoxy) is 2. The van der Waals surface area contributed by atoms with Gasteiger partial charge in [0.1, 0.15) is 5.75 Å². The Balaban J connectivity index is 2.73. The molecule has 1 aromatic rings. The van der Waals surface area contributed by atoms with Crippen LogP contribution in [0.1, 0.15) is 6.92 Å². The summed E-state index contributed by atoms with van der Waals surface area (Å²) in [5.41, 5.74) is 0. The van der Waals surface area contributed by atoms with Gasteiger partial charge in [-0.1, -0.05) is 12.1 Å². The Morgan fingerprint density at radius 1 is 1.13 bits per heavy atom. The van der Waals surface area contributed by atoms with Crippen LogP contribution in [-0.2, 0) is 4.74 Å². The van der Waals surface area contributed by atoms with Gasteiger partial charge in [0.05, 0.1) is 0 Å². The lowest BCUT2D eigenvalue weighted by molar-refractivity contribution is -0.0382. The molecule has 6 heteroatoms. The Morgan fingerprint density at radius 2 is 1.67 bits per heavy atom. The fourth-order valence-corrected chi connectivity index (χ4v) is 1.61. The minimum Gasteiger partial charge on any atom is -0.465 e. The molecule has 3 N–H and O–H groups in total. The Labute approximate surface area is 88.9 Å². The molecule has 0 aliphatic heterocycles. The Morgan fingerprint density at radius 3 is 2.07 bits per heavy atom. The average molecular weight is 230 g/mol. The molecule has 0 saturated heterocycles. The van der Waals surface area contributed by atoms with Crippen molar-refractivity contribution >= 4 is 14.0 Å². The molecule has 0 aliphatic carbocycles. The van der Waals surface area contributed by atoms with Crippen LogP contribution in [0.3, 0.4) is 0 Å². The average Bonchev–Trinajstić information content (AvgIpc) is 2.17. The quantitative estimate of drug-likeness (QED) is 0.465. The van der Waals surface area contributed by atoms with Crippen molar-refractivity contribution < 1.29 is 23.9 Å². The third-order valence-corrected chi connectivity index (χ3v) is 2.98. The summed E-state index contributed by atoms with van der Waals surface area (Å²) in [4.78, 5) is 27.0. The fourth-order valence-electron chi connectivity index (χ4n) is 0.997. The van der Waals surface area contributed by atoms with Gasteiger partial charge in [-0.15, -0.1) is 0 Å². The first-order chi connectivity index (χ1) is 6.93. The van der Waals surface area contributed by atoms with Gasteiger partial charge in [0, 0.05) is 12.3 Å². The first kappa shape index (κ1) is 12.1. The largest absolute Gasteiger partial charge is 0.528 e. The number of benzene rings is 1. The van der Waals surface area contributed by atoms with Crippen molar-refractivity contribution in [2.75, 3.05) is 7.11 Å². The number of hydrogen-bond donors (Lipinski definition) is 3. The molecule has 0 fully saturated rings. The molecule has 0 heterocycles. The molecule has 1 rings (SSSR count). The Kier molecular flexibility index (Phi) is 3.83. The van der Waals surface area contributed by atoms with Gasteiger partial charge in [-0.2, -0.15) is 0 Å². The molecule has 1 aromatic carbocycles. The van der Waals surface area contributed by atoms with Gasteiger partial charge in [-0.05, 0) is 19.1 Å². The molecule has 0 aliphatic rings. The highest BCUT2D eigenvalue weighted by Gasteiger charge is 2.29. The zero-order valence-electron chi connectivity index (χ0n) is 8.54. The van der Waals surface area contributed by atoms with Gasteiger partial charge in [-0.3, -0.25) is 0 Å². The minimum absolute atomic E-state index is 0.111. The van der Waals surface area contributed by atoms with Crippen molar-refractivity contribution in [3.05, 3.63) is 24.3 Å². The van der Waals surface area contributed by atoms with Crippen LogP contribution < -0.4 is 9.92 Å². The predicted octanol–water partition coefficient (Wildman–Crippen LogP) is -0.819. The van der Waals surface area contributed by atoms with Crippen molar-refractivity contribution in [2.24, 2.45) is 0 Å². The molecule has 0 saturated carbocycles. The SMILES string of the molecule is COC(C)Oc1ccc([Si](O)(O)O)cc1. The first-order valence-electron chi connectivity index (χ1n) is 4.40. The molecule has 1 atom stereocenters. The van der Waals surface area contributed by atoms with E-state index in [1.807, 2.05) is 0 Å². The molecule has 5 nitrogen and oxygen atoms in total. The maximum atomic E-state index is 8.99. The highest BCUT2D eigenvalue weighted by Crippen LogP contribution is 2.10. The monoisotopic (exact) mass is 230 g/mol. The second-order valence-electron chi connectivity index (χ2n) is 3.08. The van der Waals surface area contributed by atoms with E-state index in [1.165, 1.54) is 31.4 Å². The van der Waals surface area contributed by atoms with Gasteiger partial charge >= 0.3 is 8.80 Å². The molecule has 15 heavy (non-hydrogen) atoms. The molecule has 84 valence electrons. The second kappa shape index (κ2) is 4.73. The van der Waals surface area contributed by atoms with E-state index in [2.05, 4.69) is 0 Å². The van der Waals surface area contributed by atoms with Crippen LogP contribution in [0.15, 0.2) is 24.3 Å². The van der Waals surface area contributed by atoms with Crippen molar-refractivity contribution in [1.82, 2.24) is 0 Å². The highest BCUT2D eigenvalue weighted by molar-refractivity contribution is 6.71. The Bertz CT molecular complexity index is 305. The van der Waals surface area contributed by atoms with Crippen molar-refractivity contribution in [3.63, 3.8) is 0 Å². The van der Waals surface area contributed by atoms with Crippen LogP contribution in [-0.4, -0.2) is 36.6 Å².